The topological polar surface area (TPSA) is 52.1 Å². The number of aromatic nitrogens is 2. The van der Waals surface area contributed by atoms with Gasteiger partial charge in [0.1, 0.15) is 0 Å². The van der Waals surface area contributed by atoms with Crippen molar-refractivity contribution in [1.82, 2.24) is 9.97 Å². The highest BCUT2D eigenvalue weighted by Crippen LogP contribution is 2.07. The van der Waals surface area contributed by atoms with Gasteiger partial charge in [0.2, 0.25) is 0 Å². The molecule has 0 bridgehead atoms. The first-order chi connectivity index (χ1) is 8.79. The Bertz CT molecular complexity index is 548. The second kappa shape index (κ2) is 5.72. The van der Waals surface area contributed by atoms with Gasteiger partial charge in [0, 0.05) is 18.6 Å². The van der Waals surface area contributed by atoms with E-state index in [-0.39, 0.29) is 5.97 Å². The Morgan fingerprint density at radius 1 is 1.17 bits per heavy atom. The van der Waals surface area contributed by atoms with Gasteiger partial charge in [0.05, 0.1) is 18.4 Å². The molecule has 18 heavy (non-hydrogen) atoms. The van der Waals surface area contributed by atoms with Gasteiger partial charge in [-0.15, -0.1) is 0 Å². The van der Waals surface area contributed by atoms with Crippen molar-refractivity contribution in [2.24, 2.45) is 0 Å². The number of carbonyl (C=O) groups is 1. The fourth-order valence-corrected chi connectivity index (χ4v) is 1.40. The number of carbonyl (C=O) groups excluding carboxylic acids is 1. The van der Waals surface area contributed by atoms with E-state index < -0.39 is 0 Å². The first kappa shape index (κ1) is 12.0. The number of hydrogen-bond donors (Lipinski definition) is 0. The second-order valence-electron chi connectivity index (χ2n) is 3.58. The number of methoxy groups -OCH3 is 1. The van der Waals surface area contributed by atoms with Crippen LogP contribution in [0.2, 0.25) is 0 Å². The molecule has 0 spiro atoms. The summed E-state index contributed by atoms with van der Waals surface area (Å²) in [6.45, 7) is 0. The zero-order chi connectivity index (χ0) is 12.8. The van der Waals surface area contributed by atoms with Crippen LogP contribution in [-0.2, 0) is 4.74 Å². The van der Waals surface area contributed by atoms with Crippen molar-refractivity contribution in [3.05, 3.63) is 59.7 Å². The fraction of sp³-hybridized carbons (Fsp3) is 0.0714. The molecule has 2 aromatic heterocycles. The molecule has 0 saturated carbocycles. The van der Waals surface area contributed by atoms with Crippen molar-refractivity contribution in [2.45, 2.75) is 0 Å². The number of esters is 1. The molecule has 0 aromatic carbocycles. The summed E-state index contributed by atoms with van der Waals surface area (Å²) in [5.74, 6) is -0.382. The molecule has 0 aliphatic heterocycles. The highest BCUT2D eigenvalue weighted by atomic mass is 16.5. The zero-order valence-electron chi connectivity index (χ0n) is 9.91. The minimum Gasteiger partial charge on any atom is -0.465 e. The van der Waals surface area contributed by atoms with Crippen molar-refractivity contribution in [3.8, 4) is 0 Å². The van der Waals surface area contributed by atoms with E-state index in [4.69, 9.17) is 0 Å². The maximum Gasteiger partial charge on any atom is 0.339 e. The lowest BCUT2D eigenvalue weighted by Crippen LogP contribution is -2.01. The molecule has 0 atom stereocenters. The summed E-state index contributed by atoms with van der Waals surface area (Å²) >= 11 is 0. The maximum atomic E-state index is 11.2. The molecule has 2 heterocycles. The molecule has 0 fully saturated rings. The third-order valence-electron chi connectivity index (χ3n) is 2.36. The zero-order valence-corrected chi connectivity index (χ0v) is 9.91. The Hall–Kier alpha value is -2.49. The van der Waals surface area contributed by atoms with Gasteiger partial charge in [-0.05, 0) is 35.9 Å². The minimum atomic E-state index is -0.382. The molecule has 4 heteroatoms. The van der Waals surface area contributed by atoms with Crippen LogP contribution in [0.4, 0.5) is 0 Å². The van der Waals surface area contributed by atoms with Crippen LogP contribution in [0.3, 0.4) is 0 Å². The lowest BCUT2D eigenvalue weighted by atomic mass is 10.2. The predicted octanol–water partition coefficient (Wildman–Crippen LogP) is 2.43. The van der Waals surface area contributed by atoms with E-state index in [1.807, 2.05) is 24.3 Å². The van der Waals surface area contributed by atoms with Crippen LogP contribution in [0, 0.1) is 0 Å². The lowest BCUT2D eigenvalue weighted by Gasteiger charge is -1.98. The number of rotatable bonds is 3. The quantitative estimate of drug-likeness (QED) is 0.773. The Kier molecular flexibility index (Phi) is 3.81. The van der Waals surface area contributed by atoms with E-state index in [0.717, 1.165) is 11.3 Å². The molecule has 0 amide bonds. The van der Waals surface area contributed by atoms with E-state index >= 15 is 0 Å². The second-order valence-corrected chi connectivity index (χ2v) is 3.58. The molecule has 0 aliphatic rings. The third-order valence-corrected chi connectivity index (χ3v) is 2.36. The number of hydrogen-bond acceptors (Lipinski definition) is 4. The predicted molar refractivity (Wildman–Crippen MR) is 68.7 cm³/mol. The summed E-state index contributed by atoms with van der Waals surface area (Å²) in [6, 6.07) is 7.26. The molecule has 0 N–H and O–H groups in total. The van der Waals surface area contributed by atoms with E-state index in [0.29, 0.717) is 5.56 Å². The molecule has 4 nitrogen and oxygen atoms in total. The smallest absolute Gasteiger partial charge is 0.339 e. The van der Waals surface area contributed by atoms with Gasteiger partial charge in [-0.3, -0.25) is 9.97 Å². The third kappa shape index (κ3) is 3.01. The van der Waals surface area contributed by atoms with Crippen LogP contribution in [0.25, 0.3) is 12.2 Å². The van der Waals surface area contributed by atoms with Gasteiger partial charge in [-0.2, -0.15) is 0 Å². The van der Waals surface area contributed by atoms with Gasteiger partial charge in [-0.1, -0.05) is 6.08 Å². The van der Waals surface area contributed by atoms with Crippen molar-refractivity contribution in [2.75, 3.05) is 7.11 Å². The monoisotopic (exact) mass is 240 g/mol. The Morgan fingerprint density at radius 3 is 2.56 bits per heavy atom. The van der Waals surface area contributed by atoms with Crippen molar-refractivity contribution < 1.29 is 9.53 Å². The Morgan fingerprint density at radius 2 is 1.94 bits per heavy atom. The van der Waals surface area contributed by atoms with Gasteiger partial charge >= 0.3 is 5.97 Å². The SMILES string of the molecule is COC(=O)c1ccc(C=Cc2ccncc2)nc1. The van der Waals surface area contributed by atoms with E-state index in [1.165, 1.54) is 13.3 Å². The van der Waals surface area contributed by atoms with Gasteiger partial charge < -0.3 is 4.74 Å². The maximum absolute atomic E-state index is 11.2. The van der Waals surface area contributed by atoms with Crippen molar-refractivity contribution >= 4 is 18.1 Å². The number of nitrogens with zero attached hydrogens (tertiary/aromatic N) is 2. The molecule has 2 aromatic rings. The molecular weight excluding hydrogens is 228 g/mol. The van der Waals surface area contributed by atoms with Crippen LogP contribution >= 0.6 is 0 Å². The first-order valence-corrected chi connectivity index (χ1v) is 5.42. The highest BCUT2D eigenvalue weighted by molar-refractivity contribution is 5.89. The summed E-state index contributed by atoms with van der Waals surface area (Å²) in [7, 11) is 1.35. The highest BCUT2D eigenvalue weighted by Gasteiger charge is 2.03. The molecule has 2 rings (SSSR count). The van der Waals surface area contributed by atoms with E-state index in [9.17, 15) is 4.79 Å². The van der Waals surface area contributed by atoms with Gasteiger partial charge in [0.25, 0.3) is 0 Å². The van der Waals surface area contributed by atoms with E-state index in [1.54, 1.807) is 24.5 Å². The average Bonchev–Trinajstić information content (AvgIpc) is 2.46. The first-order valence-electron chi connectivity index (χ1n) is 5.42. The van der Waals surface area contributed by atoms with Crippen LogP contribution in [0.5, 0.6) is 0 Å². The fourth-order valence-electron chi connectivity index (χ4n) is 1.40. The largest absolute Gasteiger partial charge is 0.465 e. The van der Waals surface area contributed by atoms with Crippen molar-refractivity contribution in [3.63, 3.8) is 0 Å². The molecule has 0 radical (unpaired) electrons. The number of pyridine rings is 2. The molecular formula is C14H12N2O2. The average molecular weight is 240 g/mol. The van der Waals surface area contributed by atoms with Crippen molar-refractivity contribution in [1.29, 1.82) is 0 Å². The standard InChI is InChI=1S/C14H12N2O2/c1-18-14(17)12-3-5-13(16-10-12)4-2-11-6-8-15-9-7-11/h2-10H,1H3. The normalized spacial score (nSPS) is 10.5. The molecule has 90 valence electrons. The summed E-state index contributed by atoms with van der Waals surface area (Å²) < 4.78 is 4.60. The Balaban J connectivity index is 2.11. The summed E-state index contributed by atoms with van der Waals surface area (Å²) in [4.78, 5) is 19.3. The van der Waals surface area contributed by atoms with Crippen LogP contribution in [0.15, 0.2) is 42.9 Å². The number of ether oxygens (including phenoxy) is 1. The van der Waals surface area contributed by atoms with E-state index in [2.05, 4.69) is 14.7 Å². The minimum absolute atomic E-state index is 0.382. The van der Waals surface area contributed by atoms with Gasteiger partial charge in [-0.25, -0.2) is 4.79 Å². The summed E-state index contributed by atoms with van der Waals surface area (Å²) in [5.41, 5.74) is 2.27. The molecule has 0 unspecified atom stereocenters. The van der Waals surface area contributed by atoms with Crippen LogP contribution in [0.1, 0.15) is 21.6 Å². The molecule has 0 aliphatic carbocycles. The summed E-state index contributed by atoms with van der Waals surface area (Å²) in [6.07, 6.45) is 8.76. The lowest BCUT2D eigenvalue weighted by molar-refractivity contribution is 0.0600. The summed E-state index contributed by atoms with van der Waals surface area (Å²) in [5, 5.41) is 0. The van der Waals surface area contributed by atoms with Crippen LogP contribution < -0.4 is 0 Å². The Labute approximate surface area is 105 Å². The van der Waals surface area contributed by atoms with Gasteiger partial charge in [0.15, 0.2) is 0 Å². The van der Waals surface area contributed by atoms with Crippen LogP contribution in [-0.4, -0.2) is 23.0 Å². The molecule has 0 saturated heterocycles.